The maximum Gasteiger partial charge on any atom is 0.306 e. The summed E-state index contributed by atoms with van der Waals surface area (Å²) in [7, 11) is 0. The second-order valence-corrected chi connectivity index (χ2v) is 20.2. The van der Waals surface area contributed by atoms with Crippen LogP contribution in [0.3, 0.4) is 0 Å². The third-order valence-corrected chi connectivity index (χ3v) is 13.2. The molecule has 0 aliphatic heterocycles. The van der Waals surface area contributed by atoms with E-state index in [4.69, 9.17) is 14.2 Å². The van der Waals surface area contributed by atoms with E-state index in [1.807, 2.05) is 0 Å². The number of unbranched alkanes of at least 4 members (excludes halogenated alkanes) is 32. The van der Waals surface area contributed by atoms with Gasteiger partial charge in [-0.1, -0.05) is 241 Å². The van der Waals surface area contributed by atoms with Gasteiger partial charge in [0.25, 0.3) is 0 Å². The first-order valence-electron chi connectivity index (χ1n) is 30.4. The third kappa shape index (κ3) is 57.6. The van der Waals surface area contributed by atoms with Gasteiger partial charge in [0.15, 0.2) is 6.10 Å². The van der Waals surface area contributed by atoms with Crippen LogP contribution in [0.1, 0.15) is 303 Å². The van der Waals surface area contributed by atoms with Crippen molar-refractivity contribution in [2.75, 3.05) is 13.2 Å². The predicted molar refractivity (Wildman–Crippen MR) is 307 cm³/mol. The van der Waals surface area contributed by atoms with Gasteiger partial charge in [-0.2, -0.15) is 0 Å². The summed E-state index contributed by atoms with van der Waals surface area (Å²) in [5, 5.41) is 0. The molecule has 410 valence electrons. The molecule has 0 unspecified atom stereocenters. The van der Waals surface area contributed by atoms with Crippen molar-refractivity contribution in [3.8, 4) is 0 Å². The fourth-order valence-electron chi connectivity index (χ4n) is 8.53. The molecule has 0 heterocycles. The molecule has 0 aromatic carbocycles. The van der Waals surface area contributed by atoms with Gasteiger partial charge in [0.1, 0.15) is 13.2 Å². The number of carbonyl (C=O) groups is 3. The first kappa shape index (κ1) is 67.8. The minimum Gasteiger partial charge on any atom is -0.462 e. The highest BCUT2D eigenvalue weighted by Gasteiger charge is 2.19. The van der Waals surface area contributed by atoms with Crippen molar-refractivity contribution < 1.29 is 28.6 Å². The first-order valence-corrected chi connectivity index (χ1v) is 30.4. The molecule has 0 radical (unpaired) electrons. The fraction of sp³-hybridized carbons (Fsp3) is 0.769. The Morgan fingerprint density at radius 2 is 0.507 bits per heavy atom. The number of carbonyl (C=O) groups excluding carboxylic acids is 3. The molecule has 6 heteroatoms. The topological polar surface area (TPSA) is 78.9 Å². The Morgan fingerprint density at radius 3 is 0.831 bits per heavy atom. The van der Waals surface area contributed by atoms with Crippen LogP contribution in [0.25, 0.3) is 0 Å². The zero-order valence-electron chi connectivity index (χ0n) is 47.0. The molecule has 0 rings (SSSR count). The van der Waals surface area contributed by atoms with Crippen molar-refractivity contribution in [1.82, 2.24) is 0 Å². The summed E-state index contributed by atoms with van der Waals surface area (Å²) < 4.78 is 16.9. The number of ether oxygens (including phenoxy) is 3. The van der Waals surface area contributed by atoms with Crippen molar-refractivity contribution in [3.05, 3.63) is 72.9 Å². The average Bonchev–Trinajstić information content (AvgIpc) is 3.37. The van der Waals surface area contributed by atoms with E-state index >= 15 is 0 Å². The zero-order chi connectivity index (χ0) is 51.4. The second-order valence-electron chi connectivity index (χ2n) is 20.2. The normalized spacial score (nSPS) is 12.5. The summed E-state index contributed by atoms with van der Waals surface area (Å²) >= 11 is 0. The summed E-state index contributed by atoms with van der Waals surface area (Å²) in [5.74, 6) is -0.899. The number of hydrogen-bond donors (Lipinski definition) is 0. The minimum absolute atomic E-state index is 0.0848. The van der Waals surface area contributed by atoms with Crippen LogP contribution in [0.5, 0.6) is 0 Å². The maximum absolute atomic E-state index is 12.9. The standard InChI is InChI=1S/C65H114O6/c1-4-7-10-13-16-19-22-25-28-30-32-34-37-40-43-46-49-52-55-58-64(67)70-61-62(60-69-63(66)57-54-51-48-45-42-39-36-27-24-21-18-15-12-9-6-3)71-65(68)59-56-53-50-47-44-41-38-35-33-31-29-26-23-20-17-14-11-8-5-2/h16-17,19-20,25-29,33,35-36,62H,4-15,18,21-24,30-32,34,37-61H2,1-3H3/b19-16-,20-17-,28-25-,29-26-,35-33-,36-27-/t62-/m1/s1. The molecule has 0 aliphatic carbocycles. The molecule has 0 saturated heterocycles. The molecule has 0 spiro atoms. The molecule has 1 atom stereocenters. The molecular formula is C65H114O6. The number of rotatable bonds is 55. The lowest BCUT2D eigenvalue weighted by atomic mass is 10.1. The summed E-state index contributed by atoms with van der Waals surface area (Å²) in [5.41, 5.74) is 0. The molecule has 0 aliphatic rings. The van der Waals surface area contributed by atoms with Gasteiger partial charge in [0.05, 0.1) is 0 Å². The van der Waals surface area contributed by atoms with Crippen LogP contribution in [0, 0.1) is 0 Å². The average molecular weight is 992 g/mol. The molecule has 71 heavy (non-hydrogen) atoms. The van der Waals surface area contributed by atoms with E-state index in [-0.39, 0.29) is 31.1 Å². The Hall–Kier alpha value is -3.15. The monoisotopic (exact) mass is 991 g/mol. The lowest BCUT2D eigenvalue weighted by molar-refractivity contribution is -0.167. The van der Waals surface area contributed by atoms with E-state index in [0.717, 1.165) is 96.3 Å². The van der Waals surface area contributed by atoms with Gasteiger partial charge in [-0.25, -0.2) is 0 Å². The van der Waals surface area contributed by atoms with Crippen molar-refractivity contribution in [2.45, 2.75) is 309 Å². The van der Waals surface area contributed by atoms with Crippen LogP contribution < -0.4 is 0 Å². The van der Waals surface area contributed by atoms with Crippen LogP contribution in [0.4, 0.5) is 0 Å². The van der Waals surface area contributed by atoms with Gasteiger partial charge in [0, 0.05) is 19.3 Å². The highest BCUT2D eigenvalue weighted by molar-refractivity contribution is 5.71. The predicted octanol–water partition coefficient (Wildman–Crippen LogP) is 20.5. The first-order chi connectivity index (χ1) is 35.0. The maximum atomic E-state index is 12.9. The van der Waals surface area contributed by atoms with Crippen LogP contribution >= 0.6 is 0 Å². The Kier molecular flexibility index (Phi) is 56.8. The Balaban J connectivity index is 4.41. The fourth-order valence-corrected chi connectivity index (χ4v) is 8.53. The minimum atomic E-state index is -0.788. The Bertz CT molecular complexity index is 1320. The molecule has 0 aromatic rings. The lowest BCUT2D eigenvalue weighted by Gasteiger charge is -2.18. The van der Waals surface area contributed by atoms with Crippen LogP contribution in [-0.2, 0) is 28.6 Å². The quantitative estimate of drug-likeness (QED) is 0.0261. The Labute approximate surface area is 440 Å². The lowest BCUT2D eigenvalue weighted by Crippen LogP contribution is -2.30. The van der Waals surface area contributed by atoms with E-state index in [2.05, 4.69) is 93.7 Å². The van der Waals surface area contributed by atoms with Gasteiger partial charge < -0.3 is 14.2 Å². The van der Waals surface area contributed by atoms with Gasteiger partial charge >= 0.3 is 17.9 Å². The summed E-state index contributed by atoms with van der Waals surface area (Å²) in [6.45, 7) is 6.59. The SMILES string of the molecule is CCCCC/C=C\C/C=C\C/C=C\CCCCCCCCC(=O)O[C@H](COC(=O)CCCCCCC/C=C\CCCCCCCC)COC(=O)CCCCCCCCCCC/C=C\C/C=C\CCCCC. The van der Waals surface area contributed by atoms with Gasteiger partial charge in [-0.05, 0) is 116 Å². The van der Waals surface area contributed by atoms with E-state index in [0.29, 0.717) is 19.3 Å². The molecule has 0 amide bonds. The van der Waals surface area contributed by atoms with Crippen LogP contribution in [0.15, 0.2) is 72.9 Å². The number of allylic oxidation sites excluding steroid dienone is 12. The van der Waals surface area contributed by atoms with Crippen LogP contribution in [0.2, 0.25) is 0 Å². The molecule has 0 fully saturated rings. The van der Waals surface area contributed by atoms with Crippen molar-refractivity contribution in [1.29, 1.82) is 0 Å². The highest BCUT2D eigenvalue weighted by Crippen LogP contribution is 2.15. The molecule has 0 saturated carbocycles. The summed E-state index contributed by atoms with van der Waals surface area (Å²) in [6, 6.07) is 0. The largest absolute Gasteiger partial charge is 0.462 e. The molecule has 6 nitrogen and oxygen atoms in total. The van der Waals surface area contributed by atoms with Gasteiger partial charge in [-0.3, -0.25) is 14.4 Å². The number of hydrogen-bond acceptors (Lipinski definition) is 6. The number of esters is 3. The zero-order valence-corrected chi connectivity index (χ0v) is 47.0. The summed E-state index contributed by atoms with van der Waals surface area (Å²) in [6.07, 6.45) is 76.0. The van der Waals surface area contributed by atoms with E-state index in [1.54, 1.807) is 0 Å². The molecule has 0 aromatic heterocycles. The summed E-state index contributed by atoms with van der Waals surface area (Å²) in [4.78, 5) is 38.3. The molecule has 0 bridgehead atoms. The van der Waals surface area contributed by atoms with E-state index in [1.165, 1.54) is 167 Å². The Morgan fingerprint density at radius 1 is 0.282 bits per heavy atom. The smallest absolute Gasteiger partial charge is 0.306 e. The van der Waals surface area contributed by atoms with E-state index in [9.17, 15) is 14.4 Å². The molecular weight excluding hydrogens is 877 g/mol. The molecule has 0 N–H and O–H groups in total. The second kappa shape index (κ2) is 59.4. The van der Waals surface area contributed by atoms with Crippen molar-refractivity contribution in [3.63, 3.8) is 0 Å². The van der Waals surface area contributed by atoms with Gasteiger partial charge in [-0.15, -0.1) is 0 Å². The van der Waals surface area contributed by atoms with E-state index < -0.39 is 6.10 Å². The van der Waals surface area contributed by atoms with Gasteiger partial charge in [0.2, 0.25) is 0 Å². The van der Waals surface area contributed by atoms with Crippen LogP contribution in [-0.4, -0.2) is 37.2 Å². The van der Waals surface area contributed by atoms with Crippen molar-refractivity contribution >= 4 is 17.9 Å². The third-order valence-electron chi connectivity index (χ3n) is 13.2. The van der Waals surface area contributed by atoms with Crippen molar-refractivity contribution in [2.24, 2.45) is 0 Å². The highest BCUT2D eigenvalue weighted by atomic mass is 16.6.